The molecule has 0 saturated carbocycles. The Kier molecular flexibility index (Phi) is 5.78. The molecule has 0 bridgehead atoms. The highest BCUT2D eigenvalue weighted by Gasteiger charge is 2.18. The van der Waals surface area contributed by atoms with Crippen LogP contribution < -0.4 is 5.32 Å². The van der Waals surface area contributed by atoms with Gasteiger partial charge in [-0.3, -0.25) is 14.9 Å². The number of rotatable bonds is 5. The van der Waals surface area contributed by atoms with E-state index in [4.69, 9.17) is 11.6 Å². The lowest BCUT2D eigenvalue weighted by Crippen LogP contribution is -2.12. The third kappa shape index (κ3) is 4.87. The summed E-state index contributed by atoms with van der Waals surface area (Å²) in [7, 11) is 0. The number of carbonyl (C=O) groups is 1. The van der Waals surface area contributed by atoms with E-state index in [9.17, 15) is 14.9 Å². The molecule has 7 heteroatoms. The van der Waals surface area contributed by atoms with Crippen molar-refractivity contribution >= 4 is 40.6 Å². The van der Waals surface area contributed by atoms with Crippen molar-refractivity contribution in [2.45, 2.75) is 16.7 Å². The fourth-order valence-electron chi connectivity index (χ4n) is 2.36. The number of nitrogens with zero attached hydrogens (tertiary/aromatic N) is 1. The second-order valence-corrected chi connectivity index (χ2v) is 7.37. The summed E-state index contributed by atoms with van der Waals surface area (Å²) in [5, 5.41) is 14.7. The van der Waals surface area contributed by atoms with Crippen LogP contribution in [0, 0.1) is 17.0 Å². The van der Waals surface area contributed by atoms with Gasteiger partial charge in [0.25, 0.3) is 11.6 Å². The molecule has 0 unspecified atom stereocenters. The second-order valence-electron chi connectivity index (χ2n) is 5.82. The molecule has 3 rings (SSSR count). The molecule has 0 aliphatic carbocycles. The Labute approximate surface area is 165 Å². The Morgan fingerprint density at radius 1 is 1.04 bits per heavy atom. The van der Waals surface area contributed by atoms with Crippen LogP contribution >= 0.6 is 23.4 Å². The van der Waals surface area contributed by atoms with Crippen LogP contribution in [0.1, 0.15) is 15.9 Å². The Morgan fingerprint density at radius 2 is 1.70 bits per heavy atom. The molecular formula is C20H15ClN2O3S. The van der Waals surface area contributed by atoms with Gasteiger partial charge < -0.3 is 5.32 Å². The molecule has 3 aromatic carbocycles. The number of halogens is 1. The predicted molar refractivity (Wildman–Crippen MR) is 108 cm³/mol. The minimum atomic E-state index is -0.477. The quantitative estimate of drug-likeness (QED) is 0.425. The van der Waals surface area contributed by atoms with Gasteiger partial charge in [0.1, 0.15) is 0 Å². The Morgan fingerprint density at radius 3 is 2.33 bits per heavy atom. The standard InChI is InChI=1S/C20H15ClN2O3S/c1-13-2-9-17(10-3-13)27-19-11-4-14(12-18(19)23(25)26)20(24)22-16-7-5-15(21)6-8-16/h2-12H,1H3,(H,22,24). The summed E-state index contributed by atoms with van der Waals surface area (Å²) in [5.74, 6) is -0.424. The van der Waals surface area contributed by atoms with E-state index < -0.39 is 10.8 Å². The maximum absolute atomic E-state index is 12.4. The maximum Gasteiger partial charge on any atom is 0.284 e. The van der Waals surface area contributed by atoms with E-state index in [2.05, 4.69) is 5.32 Å². The summed E-state index contributed by atoms with van der Waals surface area (Å²) in [6, 6.07) is 18.8. The summed E-state index contributed by atoms with van der Waals surface area (Å²) in [6.45, 7) is 1.98. The number of amides is 1. The van der Waals surface area contributed by atoms with Crippen LogP contribution in [0.25, 0.3) is 0 Å². The van der Waals surface area contributed by atoms with E-state index in [1.165, 1.54) is 17.8 Å². The third-order valence-electron chi connectivity index (χ3n) is 3.77. The lowest BCUT2D eigenvalue weighted by molar-refractivity contribution is -0.387. The predicted octanol–water partition coefficient (Wildman–Crippen LogP) is 5.96. The number of carbonyl (C=O) groups excluding carboxylic acids is 1. The first kappa shape index (κ1) is 18.9. The van der Waals surface area contributed by atoms with E-state index >= 15 is 0 Å². The highest BCUT2D eigenvalue weighted by Crippen LogP contribution is 2.35. The molecule has 0 heterocycles. The fourth-order valence-corrected chi connectivity index (χ4v) is 3.38. The number of hydrogen-bond donors (Lipinski definition) is 1. The molecule has 5 nitrogen and oxygen atoms in total. The van der Waals surface area contributed by atoms with Gasteiger partial charge in [0.2, 0.25) is 0 Å². The van der Waals surface area contributed by atoms with Gasteiger partial charge in [-0.05, 0) is 55.5 Å². The minimum absolute atomic E-state index is 0.107. The molecule has 0 fully saturated rings. The monoisotopic (exact) mass is 398 g/mol. The van der Waals surface area contributed by atoms with Crippen molar-refractivity contribution in [3.8, 4) is 0 Å². The minimum Gasteiger partial charge on any atom is -0.322 e. The zero-order valence-corrected chi connectivity index (χ0v) is 15.9. The molecule has 27 heavy (non-hydrogen) atoms. The molecule has 0 aromatic heterocycles. The van der Waals surface area contributed by atoms with Crippen LogP contribution in [0.2, 0.25) is 5.02 Å². The van der Waals surface area contributed by atoms with Crippen LogP contribution in [0.4, 0.5) is 11.4 Å². The number of benzene rings is 3. The Hall–Kier alpha value is -2.83. The number of nitro benzene ring substituents is 1. The normalized spacial score (nSPS) is 10.4. The van der Waals surface area contributed by atoms with Gasteiger partial charge in [0, 0.05) is 27.2 Å². The van der Waals surface area contributed by atoms with Crippen molar-refractivity contribution in [3.63, 3.8) is 0 Å². The second kappa shape index (κ2) is 8.24. The average Bonchev–Trinajstić information content (AvgIpc) is 2.65. The number of nitro groups is 1. The van der Waals surface area contributed by atoms with Crippen LogP contribution in [-0.2, 0) is 0 Å². The third-order valence-corrected chi connectivity index (χ3v) is 5.09. The molecule has 0 spiro atoms. The van der Waals surface area contributed by atoms with E-state index in [-0.39, 0.29) is 11.3 Å². The lowest BCUT2D eigenvalue weighted by Gasteiger charge is -2.08. The first-order chi connectivity index (χ1) is 12.9. The van der Waals surface area contributed by atoms with Crippen molar-refractivity contribution in [2.24, 2.45) is 0 Å². The van der Waals surface area contributed by atoms with Gasteiger partial charge in [0.15, 0.2) is 0 Å². The smallest absolute Gasteiger partial charge is 0.284 e. The zero-order valence-electron chi connectivity index (χ0n) is 14.3. The molecular weight excluding hydrogens is 384 g/mol. The van der Waals surface area contributed by atoms with E-state index in [1.54, 1.807) is 36.4 Å². The molecule has 1 N–H and O–H groups in total. The first-order valence-electron chi connectivity index (χ1n) is 8.02. The number of nitrogens with one attached hydrogen (secondary N) is 1. The molecule has 0 aliphatic heterocycles. The van der Waals surface area contributed by atoms with Crippen LogP contribution in [0.3, 0.4) is 0 Å². The topological polar surface area (TPSA) is 72.2 Å². The highest BCUT2D eigenvalue weighted by atomic mass is 35.5. The summed E-state index contributed by atoms with van der Waals surface area (Å²) >= 11 is 7.11. The van der Waals surface area contributed by atoms with E-state index in [0.717, 1.165) is 10.5 Å². The SMILES string of the molecule is Cc1ccc(Sc2ccc(C(=O)Nc3ccc(Cl)cc3)cc2[N+](=O)[O-])cc1. The Bertz CT molecular complexity index is 989. The van der Waals surface area contributed by atoms with Crippen molar-refractivity contribution in [2.75, 3.05) is 5.32 Å². The molecule has 0 aliphatic rings. The number of hydrogen-bond acceptors (Lipinski definition) is 4. The molecule has 136 valence electrons. The van der Waals surface area contributed by atoms with Crippen molar-refractivity contribution in [1.29, 1.82) is 0 Å². The summed E-state index contributed by atoms with van der Waals surface area (Å²) in [6.07, 6.45) is 0. The average molecular weight is 399 g/mol. The van der Waals surface area contributed by atoms with Gasteiger partial charge in [0.05, 0.1) is 9.82 Å². The maximum atomic E-state index is 12.4. The highest BCUT2D eigenvalue weighted by molar-refractivity contribution is 7.99. The van der Waals surface area contributed by atoms with Crippen molar-refractivity contribution in [1.82, 2.24) is 0 Å². The molecule has 3 aromatic rings. The summed E-state index contributed by atoms with van der Waals surface area (Å²) in [4.78, 5) is 24.8. The first-order valence-corrected chi connectivity index (χ1v) is 9.22. The van der Waals surface area contributed by atoms with Gasteiger partial charge in [-0.2, -0.15) is 0 Å². The largest absolute Gasteiger partial charge is 0.322 e. The van der Waals surface area contributed by atoms with Crippen LogP contribution in [-0.4, -0.2) is 10.8 Å². The molecule has 1 amide bonds. The van der Waals surface area contributed by atoms with Crippen molar-refractivity contribution in [3.05, 3.63) is 93.0 Å². The Balaban J connectivity index is 1.84. The lowest BCUT2D eigenvalue weighted by atomic mass is 10.2. The van der Waals surface area contributed by atoms with Gasteiger partial charge >= 0.3 is 0 Å². The van der Waals surface area contributed by atoms with E-state index in [1.807, 2.05) is 31.2 Å². The summed E-state index contributed by atoms with van der Waals surface area (Å²) < 4.78 is 0. The van der Waals surface area contributed by atoms with Gasteiger partial charge in [-0.15, -0.1) is 0 Å². The van der Waals surface area contributed by atoms with Crippen LogP contribution in [0.15, 0.2) is 76.5 Å². The zero-order chi connectivity index (χ0) is 19.4. The molecule has 0 saturated heterocycles. The molecule has 0 radical (unpaired) electrons. The molecule has 0 atom stereocenters. The number of aryl methyl sites for hydroxylation is 1. The van der Waals surface area contributed by atoms with E-state index in [0.29, 0.717) is 15.6 Å². The van der Waals surface area contributed by atoms with Gasteiger partial charge in [-0.1, -0.05) is 41.1 Å². The summed E-state index contributed by atoms with van der Waals surface area (Å²) in [5.41, 5.74) is 1.78. The van der Waals surface area contributed by atoms with Crippen LogP contribution in [0.5, 0.6) is 0 Å². The number of anilines is 1. The van der Waals surface area contributed by atoms with Crippen molar-refractivity contribution < 1.29 is 9.72 Å². The van der Waals surface area contributed by atoms with Gasteiger partial charge in [-0.25, -0.2) is 0 Å². The fraction of sp³-hybridized carbons (Fsp3) is 0.0500.